The Labute approximate surface area is 144 Å². The molecule has 0 atom stereocenters. The van der Waals surface area contributed by atoms with Crippen molar-refractivity contribution in [3.05, 3.63) is 76.5 Å². The van der Waals surface area contributed by atoms with Gasteiger partial charge in [0.25, 0.3) is 0 Å². The van der Waals surface area contributed by atoms with Crippen LogP contribution in [0, 0.1) is 0 Å². The fourth-order valence-corrected chi connectivity index (χ4v) is 4.05. The lowest BCUT2D eigenvalue weighted by Gasteiger charge is -2.24. The van der Waals surface area contributed by atoms with Gasteiger partial charge in [0.2, 0.25) is 0 Å². The molecule has 1 aromatic carbocycles. The summed E-state index contributed by atoms with van der Waals surface area (Å²) in [7, 11) is 2.14. The number of hydrogen-bond donors (Lipinski definition) is 0. The van der Waals surface area contributed by atoms with Gasteiger partial charge in [0.15, 0.2) is 0 Å². The molecule has 1 nitrogen and oxygen atoms in total. The number of hydrogen-bond acceptors (Lipinski definition) is 1. The Morgan fingerprint density at radius 1 is 1.17 bits per heavy atom. The molecule has 3 rings (SSSR count). The number of nitrogens with zero attached hydrogens (tertiary/aromatic N) is 1. The Bertz CT molecular complexity index is 734. The Morgan fingerprint density at radius 2 is 1.91 bits per heavy atom. The highest BCUT2D eigenvalue weighted by Crippen LogP contribution is 2.46. The van der Waals surface area contributed by atoms with Crippen molar-refractivity contribution in [2.45, 2.75) is 38.5 Å². The molecule has 0 unspecified atom stereocenters. The minimum atomic E-state index is 0.00846. The maximum Gasteiger partial charge on any atom is 0.0469 e. The van der Waals surface area contributed by atoms with Crippen molar-refractivity contribution in [2.24, 2.45) is 0 Å². The number of para-hydroxylation sites is 1. The number of halogens is 1. The average molecular weight is 326 g/mol. The largest absolute Gasteiger partial charge is 0.347 e. The van der Waals surface area contributed by atoms with Crippen LogP contribution in [0.2, 0.25) is 0 Å². The molecular weight excluding hydrogens is 302 g/mol. The van der Waals surface area contributed by atoms with Crippen molar-refractivity contribution < 1.29 is 0 Å². The van der Waals surface area contributed by atoms with E-state index in [1.165, 1.54) is 28.1 Å². The maximum atomic E-state index is 6.53. The molecular formula is C21H24ClN. The summed E-state index contributed by atoms with van der Waals surface area (Å²) in [6, 6.07) is 8.63. The van der Waals surface area contributed by atoms with Crippen molar-refractivity contribution in [2.75, 3.05) is 11.9 Å². The van der Waals surface area contributed by atoms with E-state index in [4.69, 9.17) is 11.6 Å². The van der Waals surface area contributed by atoms with E-state index in [0.29, 0.717) is 0 Å². The van der Waals surface area contributed by atoms with Crippen molar-refractivity contribution in [3.8, 4) is 0 Å². The highest BCUT2D eigenvalue weighted by Gasteiger charge is 2.37. The zero-order valence-corrected chi connectivity index (χ0v) is 15.0. The van der Waals surface area contributed by atoms with E-state index in [9.17, 15) is 0 Å². The van der Waals surface area contributed by atoms with Crippen molar-refractivity contribution >= 4 is 17.3 Å². The molecule has 1 aliphatic heterocycles. The molecule has 1 aliphatic carbocycles. The summed E-state index contributed by atoms with van der Waals surface area (Å²) in [5, 5.41) is 0.888. The Kier molecular flexibility index (Phi) is 4.25. The zero-order chi connectivity index (χ0) is 16.6. The van der Waals surface area contributed by atoms with Crippen LogP contribution >= 0.6 is 11.6 Å². The van der Waals surface area contributed by atoms with Gasteiger partial charge in [0.05, 0.1) is 0 Å². The van der Waals surface area contributed by atoms with E-state index in [2.05, 4.69) is 68.8 Å². The standard InChI is InChI=1S/C21H24ClN/c1-5-15-9-8-10-16(20(15)22)13-14-19-21(2,3)17-11-6-7-12-18(17)23(19)4/h5-7,11-14H,1,8-10H2,2-4H3/b16-13+,19-14-. The van der Waals surface area contributed by atoms with Crippen LogP contribution in [0.25, 0.3) is 0 Å². The Morgan fingerprint density at radius 3 is 2.61 bits per heavy atom. The minimum absolute atomic E-state index is 0.00846. The Hall–Kier alpha value is -1.73. The molecule has 1 aromatic rings. The van der Waals surface area contributed by atoms with E-state index in [0.717, 1.165) is 24.3 Å². The SMILES string of the molecule is C=CC1=C(Cl)/C(=C/C=C2\N(C)c3ccccc3C2(C)C)CCC1. The lowest BCUT2D eigenvalue weighted by Crippen LogP contribution is -2.22. The third-order valence-electron chi connectivity index (χ3n) is 5.09. The second-order valence-electron chi connectivity index (χ2n) is 6.84. The van der Waals surface area contributed by atoms with Crippen LogP contribution in [0.5, 0.6) is 0 Å². The summed E-state index contributed by atoms with van der Waals surface area (Å²) in [4.78, 5) is 2.29. The Balaban J connectivity index is 2.01. The van der Waals surface area contributed by atoms with Gasteiger partial charge < -0.3 is 4.90 Å². The van der Waals surface area contributed by atoms with Gasteiger partial charge in [-0.05, 0) is 48.1 Å². The quantitative estimate of drug-likeness (QED) is 0.636. The third-order valence-corrected chi connectivity index (χ3v) is 5.57. The van der Waals surface area contributed by atoms with Crippen LogP contribution in [0.1, 0.15) is 38.7 Å². The molecule has 0 radical (unpaired) electrons. The van der Waals surface area contributed by atoms with Gasteiger partial charge in [-0.15, -0.1) is 0 Å². The van der Waals surface area contributed by atoms with Crippen molar-refractivity contribution in [3.63, 3.8) is 0 Å². The van der Waals surface area contributed by atoms with Crippen LogP contribution in [0.3, 0.4) is 0 Å². The highest BCUT2D eigenvalue weighted by molar-refractivity contribution is 6.32. The molecule has 2 heteroatoms. The monoisotopic (exact) mass is 325 g/mol. The van der Waals surface area contributed by atoms with E-state index in [1.54, 1.807) is 0 Å². The molecule has 0 spiro atoms. The van der Waals surface area contributed by atoms with Gasteiger partial charge in [0.1, 0.15) is 0 Å². The van der Waals surface area contributed by atoms with Crippen LogP contribution in [-0.4, -0.2) is 7.05 Å². The summed E-state index contributed by atoms with van der Waals surface area (Å²) in [5.74, 6) is 0. The molecule has 23 heavy (non-hydrogen) atoms. The first-order valence-electron chi connectivity index (χ1n) is 8.23. The van der Waals surface area contributed by atoms with Crippen molar-refractivity contribution in [1.82, 2.24) is 0 Å². The number of fused-ring (bicyclic) bond motifs is 1. The van der Waals surface area contributed by atoms with Gasteiger partial charge in [-0.1, -0.05) is 62.4 Å². The van der Waals surface area contributed by atoms with E-state index < -0.39 is 0 Å². The third kappa shape index (κ3) is 2.68. The number of rotatable bonds is 2. The second kappa shape index (κ2) is 6.05. The lowest BCUT2D eigenvalue weighted by molar-refractivity contribution is 0.640. The molecule has 0 N–H and O–H groups in total. The molecule has 120 valence electrons. The van der Waals surface area contributed by atoms with Gasteiger partial charge in [-0.25, -0.2) is 0 Å². The molecule has 0 bridgehead atoms. The summed E-state index contributed by atoms with van der Waals surface area (Å²) >= 11 is 6.53. The molecule has 0 amide bonds. The summed E-state index contributed by atoms with van der Waals surface area (Å²) < 4.78 is 0. The van der Waals surface area contributed by atoms with Crippen LogP contribution in [0.15, 0.2) is 70.9 Å². The maximum absolute atomic E-state index is 6.53. The summed E-state index contributed by atoms with van der Waals surface area (Å²) in [5.41, 5.74) is 6.38. The van der Waals surface area contributed by atoms with E-state index in [-0.39, 0.29) is 5.41 Å². The van der Waals surface area contributed by atoms with Gasteiger partial charge in [-0.3, -0.25) is 0 Å². The number of anilines is 1. The predicted octanol–water partition coefficient (Wildman–Crippen LogP) is 6.09. The van der Waals surface area contributed by atoms with E-state index in [1.807, 2.05) is 6.08 Å². The molecule has 1 heterocycles. The van der Waals surface area contributed by atoms with Crippen molar-refractivity contribution in [1.29, 1.82) is 0 Å². The van der Waals surface area contributed by atoms with Gasteiger partial charge >= 0.3 is 0 Å². The van der Waals surface area contributed by atoms with Crippen LogP contribution in [-0.2, 0) is 5.41 Å². The topological polar surface area (TPSA) is 3.24 Å². The zero-order valence-electron chi connectivity index (χ0n) is 14.2. The van der Waals surface area contributed by atoms with Crippen LogP contribution < -0.4 is 4.90 Å². The van der Waals surface area contributed by atoms with Gasteiger partial charge in [-0.2, -0.15) is 0 Å². The minimum Gasteiger partial charge on any atom is -0.347 e. The number of allylic oxidation sites excluding steroid dienone is 7. The lowest BCUT2D eigenvalue weighted by atomic mass is 9.83. The fraction of sp³-hybridized carbons (Fsp3) is 0.333. The van der Waals surface area contributed by atoms with Gasteiger partial charge in [0, 0.05) is 28.9 Å². The van der Waals surface area contributed by atoms with E-state index >= 15 is 0 Å². The first-order valence-corrected chi connectivity index (χ1v) is 8.60. The molecule has 0 saturated heterocycles. The van der Waals surface area contributed by atoms with Crippen LogP contribution in [0.4, 0.5) is 5.69 Å². The number of benzene rings is 1. The fourth-order valence-electron chi connectivity index (χ4n) is 3.72. The first-order chi connectivity index (χ1) is 11.0. The predicted molar refractivity (Wildman–Crippen MR) is 101 cm³/mol. The molecule has 0 fully saturated rings. The highest BCUT2D eigenvalue weighted by atomic mass is 35.5. The molecule has 2 aliphatic rings. The first kappa shape index (κ1) is 16.1. The number of likely N-dealkylation sites (N-methyl/N-ethyl adjacent to an activating group) is 1. The second-order valence-corrected chi connectivity index (χ2v) is 7.22. The summed E-state index contributed by atoms with van der Waals surface area (Å²) in [6.07, 6.45) is 9.55. The smallest absolute Gasteiger partial charge is 0.0469 e. The summed E-state index contributed by atoms with van der Waals surface area (Å²) in [6.45, 7) is 8.45. The normalized spacial score (nSPS) is 23.6. The molecule has 0 aromatic heterocycles. The average Bonchev–Trinajstić information content (AvgIpc) is 2.74. The molecule has 0 saturated carbocycles.